The van der Waals surface area contributed by atoms with E-state index in [4.69, 9.17) is 0 Å². The summed E-state index contributed by atoms with van der Waals surface area (Å²) in [6.45, 7) is 0.625. The molecule has 1 aromatic rings. The lowest BCUT2D eigenvalue weighted by molar-refractivity contribution is -0.384. The second-order valence-electron chi connectivity index (χ2n) is 4.49. The Labute approximate surface area is 113 Å². The molecule has 2 heterocycles. The fraction of sp³-hybridized carbons (Fsp3) is 0.700. The number of aromatic nitrogens is 2. The van der Waals surface area contributed by atoms with E-state index in [2.05, 4.69) is 10.4 Å². The Bertz CT molecular complexity index is 481. The standard InChI is InChI=1S/C10H15F2N5O3/c11-9(12)6-16-10(8(4-14-16)17(19)20)15-2-1-13-3-7(18)5-15/h4,7,9,13,18H,1-3,5-6H2. The van der Waals surface area contributed by atoms with Crippen molar-refractivity contribution in [2.24, 2.45) is 0 Å². The van der Waals surface area contributed by atoms with Gasteiger partial charge in [-0.25, -0.2) is 13.5 Å². The molecule has 1 unspecified atom stereocenters. The van der Waals surface area contributed by atoms with Gasteiger partial charge in [-0.15, -0.1) is 0 Å². The molecule has 0 aromatic carbocycles. The van der Waals surface area contributed by atoms with Gasteiger partial charge in [0.25, 0.3) is 6.43 Å². The normalized spacial score (nSPS) is 20.2. The molecule has 1 saturated heterocycles. The van der Waals surface area contributed by atoms with E-state index in [9.17, 15) is 24.0 Å². The van der Waals surface area contributed by atoms with Crippen molar-refractivity contribution in [1.82, 2.24) is 15.1 Å². The van der Waals surface area contributed by atoms with Crippen molar-refractivity contribution in [1.29, 1.82) is 0 Å². The lowest BCUT2D eigenvalue weighted by Crippen LogP contribution is -2.35. The van der Waals surface area contributed by atoms with Crippen LogP contribution in [0, 0.1) is 10.1 Å². The van der Waals surface area contributed by atoms with Gasteiger partial charge in [-0.05, 0) is 0 Å². The van der Waals surface area contributed by atoms with E-state index in [-0.39, 0.29) is 18.1 Å². The van der Waals surface area contributed by atoms with E-state index in [0.29, 0.717) is 19.6 Å². The molecular weight excluding hydrogens is 276 g/mol. The zero-order valence-corrected chi connectivity index (χ0v) is 10.6. The minimum absolute atomic E-state index is 0.0121. The maximum atomic E-state index is 12.5. The lowest BCUT2D eigenvalue weighted by Gasteiger charge is -2.23. The van der Waals surface area contributed by atoms with Crippen LogP contribution >= 0.6 is 0 Å². The molecule has 0 bridgehead atoms. The SMILES string of the molecule is O=[N+]([O-])c1cnn(CC(F)F)c1N1CCNCC(O)C1. The highest BCUT2D eigenvalue weighted by atomic mass is 19.3. The molecule has 0 saturated carbocycles. The second-order valence-corrected chi connectivity index (χ2v) is 4.49. The number of aliphatic hydroxyl groups is 1. The van der Waals surface area contributed by atoms with E-state index in [0.717, 1.165) is 10.9 Å². The van der Waals surface area contributed by atoms with Gasteiger partial charge in [0.05, 0.1) is 11.0 Å². The quantitative estimate of drug-likeness (QED) is 0.590. The fourth-order valence-electron chi connectivity index (χ4n) is 2.17. The van der Waals surface area contributed by atoms with E-state index >= 15 is 0 Å². The van der Waals surface area contributed by atoms with Crippen LogP contribution in [0.5, 0.6) is 0 Å². The molecule has 1 aliphatic heterocycles. The molecule has 10 heteroatoms. The number of anilines is 1. The first-order valence-electron chi connectivity index (χ1n) is 6.11. The third kappa shape index (κ3) is 3.20. The predicted octanol–water partition coefficient (Wildman–Crippen LogP) is -0.173. The van der Waals surface area contributed by atoms with Crippen molar-refractivity contribution in [2.75, 3.05) is 31.1 Å². The molecule has 1 aliphatic rings. The van der Waals surface area contributed by atoms with Crippen LogP contribution in [0.15, 0.2) is 6.20 Å². The number of β-amino-alcohol motifs (C(OH)–C–C–N with tert-alkyl or cyclic N) is 1. The number of hydrogen-bond acceptors (Lipinski definition) is 6. The Morgan fingerprint density at radius 1 is 1.65 bits per heavy atom. The molecule has 0 radical (unpaired) electrons. The minimum Gasteiger partial charge on any atom is -0.390 e. The average Bonchev–Trinajstić information content (AvgIpc) is 2.64. The molecule has 1 atom stereocenters. The zero-order chi connectivity index (χ0) is 14.7. The molecule has 20 heavy (non-hydrogen) atoms. The van der Waals surface area contributed by atoms with E-state index < -0.39 is 24.0 Å². The van der Waals surface area contributed by atoms with Crippen molar-refractivity contribution >= 4 is 11.5 Å². The predicted molar refractivity (Wildman–Crippen MR) is 66.0 cm³/mol. The molecule has 0 aliphatic carbocycles. The van der Waals surface area contributed by atoms with Crippen LogP contribution in [0.4, 0.5) is 20.3 Å². The van der Waals surface area contributed by atoms with Gasteiger partial charge in [0.2, 0.25) is 5.82 Å². The van der Waals surface area contributed by atoms with Crippen molar-refractivity contribution in [3.8, 4) is 0 Å². The second kappa shape index (κ2) is 6.09. The highest BCUT2D eigenvalue weighted by Gasteiger charge is 2.29. The first kappa shape index (κ1) is 14.6. The van der Waals surface area contributed by atoms with Gasteiger partial charge in [-0.2, -0.15) is 5.10 Å². The third-order valence-electron chi connectivity index (χ3n) is 2.97. The van der Waals surface area contributed by atoms with E-state index in [1.54, 1.807) is 0 Å². The first-order valence-corrected chi connectivity index (χ1v) is 6.11. The van der Waals surface area contributed by atoms with Crippen LogP contribution in [-0.2, 0) is 6.54 Å². The summed E-state index contributed by atoms with van der Waals surface area (Å²) >= 11 is 0. The van der Waals surface area contributed by atoms with Crippen molar-refractivity contribution in [3.05, 3.63) is 16.3 Å². The van der Waals surface area contributed by atoms with Crippen LogP contribution in [-0.4, -0.2) is 58.5 Å². The van der Waals surface area contributed by atoms with Gasteiger partial charge < -0.3 is 15.3 Å². The Morgan fingerprint density at radius 3 is 3.05 bits per heavy atom. The summed E-state index contributed by atoms with van der Waals surface area (Å²) in [5, 5.41) is 27.3. The zero-order valence-electron chi connectivity index (χ0n) is 10.6. The van der Waals surface area contributed by atoms with Crippen molar-refractivity contribution in [2.45, 2.75) is 19.1 Å². The molecule has 2 N–H and O–H groups in total. The van der Waals surface area contributed by atoms with Crippen LogP contribution < -0.4 is 10.2 Å². The number of nitrogens with zero attached hydrogens (tertiary/aromatic N) is 4. The monoisotopic (exact) mass is 291 g/mol. The number of nitrogens with one attached hydrogen (secondary N) is 1. The third-order valence-corrected chi connectivity index (χ3v) is 2.97. The largest absolute Gasteiger partial charge is 0.390 e. The molecule has 8 nitrogen and oxygen atoms in total. The summed E-state index contributed by atoms with van der Waals surface area (Å²) in [7, 11) is 0. The van der Waals surface area contributed by atoms with Crippen LogP contribution in [0.2, 0.25) is 0 Å². The Hall–Kier alpha value is -1.81. The molecule has 1 aromatic heterocycles. The summed E-state index contributed by atoms with van der Waals surface area (Å²) in [5.74, 6) is 0.0121. The smallest absolute Gasteiger partial charge is 0.331 e. The number of hydrogen-bond donors (Lipinski definition) is 2. The maximum absolute atomic E-state index is 12.5. The van der Waals surface area contributed by atoms with Gasteiger partial charge in [0.1, 0.15) is 12.7 Å². The van der Waals surface area contributed by atoms with Gasteiger partial charge in [-0.3, -0.25) is 10.1 Å². The van der Waals surface area contributed by atoms with Gasteiger partial charge in [-0.1, -0.05) is 0 Å². The topological polar surface area (TPSA) is 96.5 Å². The highest BCUT2D eigenvalue weighted by molar-refractivity contribution is 5.58. The number of halogens is 2. The van der Waals surface area contributed by atoms with E-state index in [1.807, 2.05) is 0 Å². The number of aliphatic hydroxyl groups excluding tert-OH is 1. The summed E-state index contributed by atoms with van der Waals surface area (Å²) < 4.78 is 26.0. The van der Waals surface area contributed by atoms with Crippen LogP contribution in [0.1, 0.15) is 0 Å². The van der Waals surface area contributed by atoms with Crippen LogP contribution in [0.3, 0.4) is 0 Å². The Morgan fingerprint density at radius 2 is 2.40 bits per heavy atom. The van der Waals surface area contributed by atoms with Crippen molar-refractivity contribution in [3.63, 3.8) is 0 Å². The summed E-state index contributed by atoms with van der Waals surface area (Å²) in [5.41, 5.74) is -0.334. The lowest BCUT2D eigenvalue weighted by atomic mass is 10.3. The Kier molecular flexibility index (Phi) is 4.45. The summed E-state index contributed by atoms with van der Waals surface area (Å²) in [6, 6.07) is 0. The molecule has 1 fully saturated rings. The number of rotatable bonds is 4. The molecular formula is C10H15F2N5O3. The Balaban J connectivity index is 2.35. The van der Waals surface area contributed by atoms with Gasteiger partial charge >= 0.3 is 5.69 Å². The molecule has 112 valence electrons. The summed E-state index contributed by atoms with van der Waals surface area (Å²) in [6.07, 6.45) is -2.43. The number of alkyl halides is 2. The molecule has 0 amide bonds. The van der Waals surface area contributed by atoms with Gasteiger partial charge in [0.15, 0.2) is 0 Å². The number of nitro groups is 1. The van der Waals surface area contributed by atoms with E-state index in [1.165, 1.54) is 4.90 Å². The summed E-state index contributed by atoms with van der Waals surface area (Å²) in [4.78, 5) is 11.8. The molecule has 0 spiro atoms. The first-order chi connectivity index (χ1) is 9.49. The minimum atomic E-state index is -2.66. The fourth-order valence-corrected chi connectivity index (χ4v) is 2.17. The average molecular weight is 291 g/mol. The molecule has 2 rings (SSSR count). The van der Waals surface area contributed by atoms with Crippen LogP contribution in [0.25, 0.3) is 0 Å². The van der Waals surface area contributed by atoms with Gasteiger partial charge in [0, 0.05) is 26.2 Å². The maximum Gasteiger partial charge on any atom is 0.331 e. The van der Waals surface area contributed by atoms with Crippen molar-refractivity contribution < 1.29 is 18.8 Å². The highest BCUT2D eigenvalue weighted by Crippen LogP contribution is 2.28.